The van der Waals surface area contributed by atoms with Crippen molar-refractivity contribution in [3.05, 3.63) is 59.0 Å². The van der Waals surface area contributed by atoms with Gasteiger partial charge in [0.25, 0.3) is 0 Å². The van der Waals surface area contributed by atoms with Gasteiger partial charge in [-0.25, -0.2) is 12.7 Å². The lowest BCUT2D eigenvalue weighted by Gasteiger charge is -2.30. The zero-order valence-corrected chi connectivity index (χ0v) is 18.4. The Labute approximate surface area is 181 Å². The number of nitrogens with zero attached hydrogens (tertiary/aromatic N) is 1. The Hall–Kier alpha value is -1.48. The van der Waals surface area contributed by atoms with Crippen molar-refractivity contribution in [3.63, 3.8) is 0 Å². The van der Waals surface area contributed by atoms with E-state index in [0.717, 1.165) is 17.3 Å². The van der Waals surface area contributed by atoms with Gasteiger partial charge in [0.2, 0.25) is 15.9 Å². The van der Waals surface area contributed by atoms with Crippen molar-refractivity contribution < 1.29 is 17.6 Å². The summed E-state index contributed by atoms with van der Waals surface area (Å²) in [7, 11) is -3.40. The molecule has 0 saturated carbocycles. The van der Waals surface area contributed by atoms with Gasteiger partial charge in [0.15, 0.2) is 0 Å². The van der Waals surface area contributed by atoms with Crippen LogP contribution >= 0.6 is 23.4 Å². The highest BCUT2D eigenvalue weighted by atomic mass is 35.5. The Morgan fingerprint density at radius 2 is 1.93 bits per heavy atom. The highest BCUT2D eigenvalue weighted by Gasteiger charge is 2.31. The molecular weight excluding hydrogens is 432 g/mol. The van der Waals surface area contributed by atoms with Gasteiger partial charge in [0.05, 0.1) is 17.8 Å². The maximum atomic E-state index is 12.6. The van der Waals surface area contributed by atoms with Crippen LogP contribution in [0, 0.1) is 5.92 Å². The van der Waals surface area contributed by atoms with Gasteiger partial charge in [0, 0.05) is 36.3 Å². The van der Waals surface area contributed by atoms with E-state index >= 15 is 0 Å². The largest absolute Gasteiger partial charge is 0.468 e. The van der Waals surface area contributed by atoms with Crippen molar-refractivity contribution in [2.45, 2.75) is 24.3 Å². The molecule has 0 atom stereocenters. The third-order valence-corrected chi connectivity index (χ3v) is 7.93. The van der Waals surface area contributed by atoms with Crippen LogP contribution in [-0.4, -0.2) is 44.0 Å². The number of carbonyl (C=O) groups excluding carboxylic acids is 1. The number of hydrogen-bond acceptors (Lipinski definition) is 5. The van der Waals surface area contributed by atoms with Crippen LogP contribution in [0.1, 0.15) is 24.2 Å². The third-order valence-electron chi connectivity index (χ3n) is 4.85. The average Bonchev–Trinajstić information content (AvgIpc) is 3.23. The first-order valence-electron chi connectivity index (χ1n) is 9.54. The summed E-state index contributed by atoms with van der Waals surface area (Å²) in [6.45, 7) is 1.35. The normalized spacial score (nSPS) is 16.0. The number of thioether (sulfide) groups is 1. The second-order valence-electron chi connectivity index (χ2n) is 6.98. The number of hydrogen-bond donors (Lipinski definition) is 1. The molecule has 1 aliphatic heterocycles. The summed E-state index contributed by atoms with van der Waals surface area (Å²) in [5.74, 6) is 2.35. The average molecular weight is 457 g/mol. The predicted octanol–water partition coefficient (Wildman–Crippen LogP) is 3.52. The molecule has 0 bridgehead atoms. The van der Waals surface area contributed by atoms with Gasteiger partial charge in [-0.1, -0.05) is 23.7 Å². The molecule has 1 aliphatic rings. The summed E-state index contributed by atoms with van der Waals surface area (Å²) in [6.07, 6.45) is 2.75. The molecule has 1 amide bonds. The summed E-state index contributed by atoms with van der Waals surface area (Å²) in [5.41, 5.74) is 0.710. The monoisotopic (exact) mass is 456 g/mol. The number of piperidine rings is 1. The molecule has 158 valence electrons. The summed E-state index contributed by atoms with van der Waals surface area (Å²) in [5, 5.41) is 3.54. The van der Waals surface area contributed by atoms with Gasteiger partial charge in [-0.15, -0.1) is 0 Å². The predicted molar refractivity (Wildman–Crippen MR) is 116 cm³/mol. The van der Waals surface area contributed by atoms with Crippen LogP contribution in [0.25, 0.3) is 0 Å². The highest BCUT2D eigenvalue weighted by Crippen LogP contribution is 2.22. The van der Waals surface area contributed by atoms with Gasteiger partial charge in [-0.2, -0.15) is 11.8 Å². The van der Waals surface area contributed by atoms with Gasteiger partial charge in [0.1, 0.15) is 5.76 Å². The minimum absolute atomic E-state index is 0.0124. The van der Waals surface area contributed by atoms with E-state index in [1.54, 1.807) is 42.3 Å². The van der Waals surface area contributed by atoms with Gasteiger partial charge in [-0.3, -0.25) is 4.79 Å². The second-order valence-corrected chi connectivity index (χ2v) is 10.5. The van der Waals surface area contributed by atoms with Crippen LogP contribution in [0.4, 0.5) is 0 Å². The fraction of sp³-hybridized carbons (Fsp3) is 0.450. The molecule has 0 spiro atoms. The van der Waals surface area contributed by atoms with E-state index in [0.29, 0.717) is 43.1 Å². The molecule has 2 heterocycles. The molecule has 1 aromatic carbocycles. The van der Waals surface area contributed by atoms with Gasteiger partial charge < -0.3 is 9.73 Å². The topological polar surface area (TPSA) is 79.6 Å². The van der Waals surface area contributed by atoms with Crippen molar-refractivity contribution in [1.29, 1.82) is 0 Å². The first-order chi connectivity index (χ1) is 13.9. The number of benzene rings is 1. The van der Waals surface area contributed by atoms with E-state index in [2.05, 4.69) is 5.32 Å². The van der Waals surface area contributed by atoms with E-state index in [1.165, 1.54) is 4.31 Å². The number of carbonyl (C=O) groups is 1. The van der Waals surface area contributed by atoms with E-state index in [-0.39, 0.29) is 17.6 Å². The van der Waals surface area contributed by atoms with E-state index in [9.17, 15) is 13.2 Å². The number of nitrogens with one attached hydrogen (secondary N) is 1. The lowest BCUT2D eigenvalue weighted by Crippen LogP contribution is -2.43. The molecule has 0 aliphatic carbocycles. The Morgan fingerprint density at radius 1 is 1.21 bits per heavy atom. The molecule has 9 heteroatoms. The molecule has 3 rings (SSSR count). The van der Waals surface area contributed by atoms with E-state index in [1.807, 2.05) is 12.1 Å². The molecule has 1 saturated heterocycles. The van der Waals surface area contributed by atoms with Crippen molar-refractivity contribution in [3.8, 4) is 0 Å². The lowest BCUT2D eigenvalue weighted by molar-refractivity contribution is -0.125. The zero-order valence-electron chi connectivity index (χ0n) is 16.1. The first kappa shape index (κ1) is 22.2. The third kappa shape index (κ3) is 6.77. The Bertz CT molecular complexity index is 878. The smallest absolute Gasteiger partial charge is 0.223 e. The van der Waals surface area contributed by atoms with Crippen molar-refractivity contribution in [2.24, 2.45) is 5.92 Å². The Kier molecular flexibility index (Phi) is 8.06. The quantitative estimate of drug-likeness (QED) is 0.584. The van der Waals surface area contributed by atoms with Crippen LogP contribution in [-0.2, 0) is 26.3 Å². The van der Waals surface area contributed by atoms with Crippen molar-refractivity contribution >= 4 is 39.3 Å². The minimum atomic E-state index is -3.40. The molecule has 0 unspecified atom stereocenters. The van der Waals surface area contributed by atoms with E-state index in [4.69, 9.17) is 16.0 Å². The number of furan rings is 1. The van der Waals surface area contributed by atoms with Gasteiger partial charge >= 0.3 is 0 Å². The number of sulfonamides is 1. The fourth-order valence-corrected chi connectivity index (χ4v) is 5.68. The second kappa shape index (κ2) is 10.5. The highest BCUT2D eigenvalue weighted by molar-refractivity contribution is 7.98. The summed E-state index contributed by atoms with van der Waals surface area (Å²) in [4.78, 5) is 12.3. The van der Waals surface area contributed by atoms with Crippen LogP contribution in [0.15, 0.2) is 47.1 Å². The SMILES string of the molecule is O=C(NCCSCc1ccco1)C1CCN(S(=O)(=O)Cc2ccc(Cl)cc2)CC1. The number of halogens is 1. The fourth-order valence-electron chi connectivity index (χ4n) is 3.24. The number of amides is 1. The van der Waals surface area contributed by atoms with E-state index < -0.39 is 10.0 Å². The van der Waals surface area contributed by atoms with Crippen LogP contribution < -0.4 is 5.32 Å². The minimum Gasteiger partial charge on any atom is -0.468 e. The summed E-state index contributed by atoms with van der Waals surface area (Å²) >= 11 is 7.55. The molecule has 0 radical (unpaired) electrons. The Balaban J connectivity index is 1.37. The molecular formula is C20H25ClN2O4S2. The molecule has 1 fully saturated rings. The summed E-state index contributed by atoms with van der Waals surface area (Å²) < 4.78 is 32.0. The van der Waals surface area contributed by atoms with Crippen LogP contribution in [0.3, 0.4) is 0 Å². The van der Waals surface area contributed by atoms with Crippen molar-refractivity contribution in [2.75, 3.05) is 25.4 Å². The lowest BCUT2D eigenvalue weighted by atomic mass is 9.97. The maximum Gasteiger partial charge on any atom is 0.223 e. The zero-order chi connectivity index (χ0) is 20.7. The van der Waals surface area contributed by atoms with Crippen molar-refractivity contribution in [1.82, 2.24) is 9.62 Å². The molecule has 29 heavy (non-hydrogen) atoms. The molecule has 2 aromatic rings. The van der Waals surface area contributed by atoms with Gasteiger partial charge in [-0.05, 0) is 42.7 Å². The van der Waals surface area contributed by atoms with Crippen LogP contribution in [0.2, 0.25) is 5.02 Å². The molecule has 6 nitrogen and oxygen atoms in total. The van der Waals surface area contributed by atoms with Crippen LogP contribution in [0.5, 0.6) is 0 Å². The summed E-state index contributed by atoms with van der Waals surface area (Å²) in [6, 6.07) is 10.6. The number of rotatable bonds is 9. The Morgan fingerprint density at radius 3 is 2.59 bits per heavy atom. The molecule has 1 aromatic heterocycles. The maximum absolute atomic E-state index is 12.6. The first-order valence-corrected chi connectivity index (χ1v) is 12.7. The standard InChI is InChI=1S/C20H25ClN2O4S2/c21-18-5-3-16(4-6-18)15-29(25,26)23-10-7-17(8-11-23)20(24)22-9-13-28-14-19-2-1-12-27-19/h1-6,12,17H,7-11,13-15H2,(H,22,24). The molecule has 1 N–H and O–H groups in total.